The first kappa shape index (κ1) is 20.4. The van der Waals surface area contributed by atoms with E-state index >= 15 is 0 Å². The highest BCUT2D eigenvalue weighted by Gasteiger charge is 2.56. The Morgan fingerprint density at radius 2 is 1.90 bits per heavy atom. The van der Waals surface area contributed by atoms with Gasteiger partial charge in [0.1, 0.15) is 23.4 Å². The number of carbonyl (C=O) groups is 2. The van der Waals surface area contributed by atoms with Crippen LogP contribution in [0.3, 0.4) is 0 Å². The predicted octanol–water partition coefficient (Wildman–Crippen LogP) is 2.49. The zero-order chi connectivity index (χ0) is 22.3. The van der Waals surface area contributed by atoms with Crippen LogP contribution >= 0.6 is 0 Å². The SMILES string of the molecule is CO[C@]1(C[C@H](O)C(=O)O)C(=O)c2c(O)c3c(c4c(C)cc(O)c1c24)O[C@@H](C)C3(C)C. The topological polar surface area (TPSA) is 134 Å². The lowest BCUT2D eigenvalue weighted by atomic mass is 9.79. The minimum absolute atomic E-state index is 0.0324. The lowest BCUT2D eigenvalue weighted by molar-refractivity contribution is -0.150. The van der Waals surface area contributed by atoms with Gasteiger partial charge in [-0.15, -0.1) is 0 Å². The number of benzene rings is 2. The van der Waals surface area contributed by atoms with E-state index in [0.29, 0.717) is 22.3 Å². The molecule has 0 bridgehead atoms. The summed E-state index contributed by atoms with van der Waals surface area (Å²) >= 11 is 0. The third kappa shape index (κ3) is 2.23. The summed E-state index contributed by atoms with van der Waals surface area (Å²) in [4.78, 5) is 24.9. The van der Waals surface area contributed by atoms with Gasteiger partial charge in [-0.05, 0) is 25.5 Å². The Morgan fingerprint density at radius 1 is 1.27 bits per heavy atom. The molecular weight excluding hydrogens is 392 g/mol. The fourth-order valence-corrected chi connectivity index (χ4v) is 4.84. The van der Waals surface area contributed by atoms with Crippen LogP contribution < -0.4 is 4.74 Å². The molecule has 4 rings (SSSR count). The summed E-state index contributed by atoms with van der Waals surface area (Å²) in [5.41, 5.74) is -1.47. The van der Waals surface area contributed by atoms with Crippen molar-refractivity contribution in [1.82, 2.24) is 0 Å². The third-order valence-corrected chi connectivity index (χ3v) is 6.75. The molecule has 1 heterocycles. The fourth-order valence-electron chi connectivity index (χ4n) is 4.84. The number of carboxylic acids is 1. The normalized spacial score (nSPS) is 24.7. The lowest BCUT2D eigenvalue weighted by Crippen LogP contribution is -2.40. The van der Waals surface area contributed by atoms with Crippen molar-refractivity contribution in [3.8, 4) is 17.2 Å². The van der Waals surface area contributed by atoms with E-state index in [1.54, 1.807) is 6.92 Å². The standard InChI is InChI=1S/C22H24O8/c1-8-6-10(23)15-13-12(8)18-16(21(3,4)9(2)30-18)17(25)14(13)19(26)22(15,29-5)7-11(24)20(27)28/h6,9,11,23-25H,7H2,1-5H3,(H,27,28)/t9-,11-,22-/m0/s1. The number of rotatable bonds is 4. The minimum atomic E-state index is -1.96. The average molecular weight is 416 g/mol. The Morgan fingerprint density at radius 3 is 2.47 bits per heavy atom. The Hall–Kier alpha value is -2.84. The van der Waals surface area contributed by atoms with Crippen molar-refractivity contribution in [3.63, 3.8) is 0 Å². The molecule has 2 aromatic rings. The van der Waals surface area contributed by atoms with Gasteiger partial charge in [-0.1, -0.05) is 13.8 Å². The van der Waals surface area contributed by atoms with Crippen molar-refractivity contribution in [2.45, 2.75) is 57.3 Å². The minimum Gasteiger partial charge on any atom is -0.508 e. The van der Waals surface area contributed by atoms with E-state index in [1.807, 2.05) is 20.8 Å². The molecule has 0 fully saturated rings. The van der Waals surface area contributed by atoms with E-state index in [-0.39, 0.29) is 34.1 Å². The first-order valence-electron chi connectivity index (χ1n) is 9.63. The molecule has 160 valence electrons. The summed E-state index contributed by atoms with van der Waals surface area (Å²) in [5, 5.41) is 42.0. The summed E-state index contributed by atoms with van der Waals surface area (Å²) in [6.07, 6.45) is -2.81. The highest BCUT2D eigenvalue weighted by molar-refractivity contribution is 6.24. The van der Waals surface area contributed by atoms with E-state index in [9.17, 15) is 30.0 Å². The molecule has 2 aliphatic rings. The number of hydrogen-bond donors (Lipinski definition) is 4. The molecule has 30 heavy (non-hydrogen) atoms. The van der Waals surface area contributed by atoms with Gasteiger partial charge in [0.25, 0.3) is 0 Å². The molecule has 8 nitrogen and oxygen atoms in total. The maximum atomic E-state index is 13.6. The lowest BCUT2D eigenvalue weighted by Gasteiger charge is -2.29. The molecule has 1 aliphatic carbocycles. The van der Waals surface area contributed by atoms with Gasteiger partial charge in [0, 0.05) is 40.8 Å². The molecule has 8 heteroatoms. The summed E-state index contributed by atoms with van der Waals surface area (Å²) in [6.45, 7) is 7.42. The number of aromatic hydroxyl groups is 2. The highest BCUT2D eigenvalue weighted by Crippen LogP contribution is 2.60. The Balaban J connectivity index is 2.16. The van der Waals surface area contributed by atoms with Gasteiger partial charge >= 0.3 is 5.97 Å². The summed E-state index contributed by atoms with van der Waals surface area (Å²) in [5.74, 6) is -2.35. The van der Waals surface area contributed by atoms with E-state index in [0.717, 1.165) is 0 Å². The maximum absolute atomic E-state index is 13.6. The summed E-state index contributed by atoms with van der Waals surface area (Å²) in [7, 11) is 1.21. The number of hydrogen-bond acceptors (Lipinski definition) is 7. The molecule has 0 aromatic heterocycles. The Kier molecular flexibility index (Phi) is 4.15. The Labute approximate surface area is 172 Å². The predicted molar refractivity (Wildman–Crippen MR) is 106 cm³/mol. The van der Waals surface area contributed by atoms with Crippen molar-refractivity contribution in [2.24, 2.45) is 0 Å². The van der Waals surface area contributed by atoms with Crippen molar-refractivity contribution < 1.29 is 39.5 Å². The number of carbonyl (C=O) groups excluding carboxylic acids is 1. The number of Topliss-reactive ketones (excluding diaryl/α,β-unsaturated/α-hetero) is 1. The molecule has 0 amide bonds. The zero-order valence-electron chi connectivity index (χ0n) is 17.4. The van der Waals surface area contributed by atoms with Crippen LogP contribution in [0.1, 0.15) is 54.2 Å². The van der Waals surface area contributed by atoms with E-state index < -0.39 is 35.3 Å². The molecule has 0 saturated carbocycles. The molecule has 4 N–H and O–H groups in total. The molecular formula is C22H24O8. The van der Waals surface area contributed by atoms with Crippen LogP contribution in [0.5, 0.6) is 17.2 Å². The van der Waals surface area contributed by atoms with Crippen LogP contribution in [0.4, 0.5) is 0 Å². The number of methoxy groups -OCH3 is 1. The number of fused-ring (bicyclic) bond motifs is 2. The summed E-state index contributed by atoms with van der Waals surface area (Å²) in [6, 6.07) is 1.46. The van der Waals surface area contributed by atoms with E-state index in [1.165, 1.54) is 13.2 Å². The number of aliphatic carboxylic acids is 1. The second-order valence-electron chi connectivity index (χ2n) is 8.67. The number of phenols is 2. The van der Waals surface area contributed by atoms with Gasteiger partial charge in [0.15, 0.2) is 11.7 Å². The van der Waals surface area contributed by atoms with E-state index in [4.69, 9.17) is 9.47 Å². The van der Waals surface area contributed by atoms with Gasteiger partial charge in [-0.2, -0.15) is 0 Å². The number of ketones is 1. The van der Waals surface area contributed by atoms with Crippen LogP contribution in [-0.4, -0.2) is 51.5 Å². The van der Waals surface area contributed by atoms with Crippen molar-refractivity contribution in [1.29, 1.82) is 0 Å². The van der Waals surface area contributed by atoms with Crippen LogP contribution in [0.2, 0.25) is 0 Å². The largest absolute Gasteiger partial charge is 0.508 e. The molecule has 1 aliphatic heterocycles. The highest BCUT2D eigenvalue weighted by atomic mass is 16.5. The van der Waals surface area contributed by atoms with Crippen LogP contribution in [0.15, 0.2) is 6.07 Å². The number of aryl methyl sites for hydroxylation is 1. The zero-order valence-corrected chi connectivity index (χ0v) is 17.4. The first-order valence-corrected chi connectivity index (χ1v) is 9.63. The van der Waals surface area contributed by atoms with Crippen molar-refractivity contribution in [3.05, 3.63) is 28.3 Å². The van der Waals surface area contributed by atoms with Gasteiger partial charge in [-0.3, -0.25) is 4.79 Å². The fraction of sp³-hybridized carbons (Fsp3) is 0.455. The van der Waals surface area contributed by atoms with Gasteiger partial charge in [0.05, 0.1) is 5.56 Å². The first-order chi connectivity index (χ1) is 13.9. The molecule has 3 atom stereocenters. The number of aliphatic hydroxyl groups excluding tert-OH is 1. The maximum Gasteiger partial charge on any atom is 0.332 e. The van der Waals surface area contributed by atoms with Crippen LogP contribution in [0, 0.1) is 6.92 Å². The molecule has 0 radical (unpaired) electrons. The molecule has 0 unspecified atom stereocenters. The monoisotopic (exact) mass is 416 g/mol. The quantitative estimate of drug-likeness (QED) is 0.597. The molecule has 0 saturated heterocycles. The van der Waals surface area contributed by atoms with Gasteiger partial charge in [-0.25, -0.2) is 4.79 Å². The smallest absolute Gasteiger partial charge is 0.332 e. The van der Waals surface area contributed by atoms with Gasteiger partial charge in [0.2, 0.25) is 5.78 Å². The average Bonchev–Trinajstić information content (AvgIpc) is 3.04. The summed E-state index contributed by atoms with van der Waals surface area (Å²) < 4.78 is 11.6. The number of ether oxygens (including phenoxy) is 2. The number of phenolic OH excluding ortho intramolecular Hbond substituents is 2. The number of carboxylic acid groups (broad SMARTS) is 1. The van der Waals surface area contributed by atoms with Gasteiger partial charge < -0.3 is 29.9 Å². The second-order valence-corrected chi connectivity index (χ2v) is 8.67. The van der Waals surface area contributed by atoms with Crippen LogP contribution in [0.25, 0.3) is 10.8 Å². The number of aliphatic hydroxyl groups is 1. The van der Waals surface area contributed by atoms with Crippen molar-refractivity contribution in [2.75, 3.05) is 7.11 Å². The van der Waals surface area contributed by atoms with Crippen molar-refractivity contribution >= 4 is 22.5 Å². The third-order valence-electron chi connectivity index (χ3n) is 6.75. The second kappa shape index (κ2) is 6.09. The molecule has 2 aromatic carbocycles. The van der Waals surface area contributed by atoms with E-state index in [2.05, 4.69) is 0 Å². The molecule has 0 spiro atoms. The Bertz CT molecular complexity index is 1130. The van der Waals surface area contributed by atoms with Crippen LogP contribution in [-0.2, 0) is 20.5 Å².